The number of amides is 2. The Morgan fingerprint density at radius 1 is 1.11 bits per heavy atom. The van der Waals surface area contributed by atoms with E-state index < -0.39 is 11.8 Å². The average Bonchev–Trinajstić information content (AvgIpc) is 2.93. The predicted molar refractivity (Wildman–Crippen MR) is 140 cm³/mol. The van der Waals surface area contributed by atoms with Crippen LogP contribution >= 0.6 is 0 Å². The number of ether oxygens (including phenoxy) is 2. The Bertz CT molecular complexity index is 1510. The van der Waals surface area contributed by atoms with Crippen molar-refractivity contribution in [2.45, 2.75) is 25.8 Å². The van der Waals surface area contributed by atoms with Crippen LogP contribution in [0.1, 0.15) is 41.7 Å². The first-order valence-corrected chi connectivity index (χ1v) is 11.8. The van der Waals surface area contributed by atoms with E-state index in [0.29, 0.717) is 33.7 Å². The molecule has 2 aromatic carbocycles. The van der Waals surface area contributed by atoms with Crippen molar-refractivity contribution in [1.29, 1.82) is 0 Å². The smallest absolute Gasteiger partial charge is 0.294 e. The molecular formula is C28H25N5O4. The fraction of sp³-hybridized carbons (Fsp3) is 0.143. The van der Waals surface area contributed by atoms with Crippen LogP contribution in [0.15, 0.2) is 96.6 Å². The molecular weight excluding hydrogens is 470 g/mol. The van der Waals surface area contributed by atoms with Gasteiger partial charge in [-0.25, -0.2) is 9.97 Å². The van der Waals surface area contributed by atoms with E-state index in [-0.39, 0.29) is 11.8 Å². The summed E-state index contributed by atoms with van der Waals surface area (Å²) in [4.78, 5) is 33.3. The molecule has 2 amide bonds. The van der Waals surface area contributed by atoms with E-state index in [1.54, 1.807) is 18.2 Å². The second kappa shape index (κ2) is 10.4. The molecule has 186 valence electrons. The predicted octanol–water partition coefficient (Wildman–Crippen LogP) is 4.85. The van der Waals surface area contributed by atoms with Crippen LogP contribution in [0.4, 0.5) is 11.5 Å². The van der Waals surface area contributed by atoms with Gasteiger partial charge in [0.2, 0.25) is 5.76 Å². The summed E-state index contributed by atoms with van der Waals surface area (Å²) in [6.07, 6.45) is 11.9. The molecule has 0 spiro atoms. The third kappa shape index (κ3) is 5.20. The lowest BCUT2D eigenvalue weighted by Gasteiger charge is -2.20. The molecule has 0 saturated carbocycles. The topological polar surface area (TPSA) is 128 Å². The number of fused-ring (bicyclic) bond motifs is 1. The lowest BCUT2D eigenvalue weighted by atomic mass is 10.0. The van der Waals surface area contributed by atoms with Crippen molar-refractivity contribution >= 4 is 34.2 Å². The van der Waals surface area contributed by atoms with Crippen molar-refractivity contribution in [3.63, 3.8) is 0 Å². The summed E-state index contributed by atoms with van der Waals surface area (Å²) in [5.41, 5.74) is 8.79. The van der Waals surface area contributed by atoms with E-state index in [4.69, 9.17) is 15.2 Å². The third-order valence-electron chi connectivity index (χ3n) is 6.05. The molecule has 4 N–H and O–H groups in total. The Kier molecular flexibility index (Phi) is 6.67. The van der Waals surface area contributed by atoms with E-state index >= 15 is 0 Å². The minimum atomic E-state index is -0.552. The number of aromatic nitrogens is 2. The van der Waals surface area contributed by atoms with Gasteiger partial charge in [-0.3, -0.25) is 9.59 Å². The molecule has 2 aliphatic rings. The number of nitrogens with two attached hydrogens (primary N) is 1. The van der Waals surface area contributed by atoms with Gasteiger partial charge in [-0.15, -0.1) is 0 Å². The van der Waals surface area contributed by atoms with Crippen LogP contribution in [-0.2, 0) is 14.3 Å². The Morgan fingerprint density at radius 3 is 2.78 bits per heavy atom. The van der Waals surface area contributed by atoms with Gasteiger partial charge in [0.25, 0.3) is 11.8 Å². The van der Waals surface area contributed by atoms with Gasteiger partial charge in [0.1, 0.15) is 24.7 Å². The first-order chi connectivity index (χ1) is 18.0. The van der Waals surface area contributed by atoms with E-state index in [0.717, 1.165) is 24.0 Å². The van der Waals surface area contributed by atoms with Crippen LogP contribution in [0.2, 0.25) is 0 Å². The zero-order valence-corrected chi connectivity index (χ0v) is 20.1. The van der Waals surface area contributed by atoms with E-state index in [2.05, 4.69) is 26.7 Å². The van der Waals surface area contributed by atoms with Gasteiger partial charge >= 0.3 is 0 Å². The second-order valence-corrected chi connectivity index (χ2v) is 8.59. The molecule has 3 aromatic rings. The standard InChI is InChI=1S/C28H25N5O4/c1-17(32-27-22-12-6-11-21(26(29)34)25(22)30-16-31-27)19-9-5-10-20(13-19)33-28(35)24-15-36-14-23(37-24)18-7-3-2-4-8-18/h2-3,5-7,9-17H,4,8H2,1H3,(H2,29,34)(H,33,35)(H,30,31,32)/t17-/m1/s1. The maximum Gasteiger partial charge on any atom is 0.294 e. The number of hydrogen-bond donors (Lipinski definition) is 3. The third-order valence-corrected chi connectivity index (χ3v) is 6.05. The monoisotopic (exact) mass is 495 g/mol. The highest BCUT2D eigenvalue weighted by atomic mass is 16.5. The quantitative estimate of drug-likeness (QED) is 0.427. The van der Waals surface area contributed by atoms with Crippen LogP contribution in [-0.4, -0.2) is 21.8 Å². The van der Waals surface area contributed by atoms with Gasteiger partial charge in [0.15, 0.2) is 5.76 Å². The highest BCUT2D eigenvalue weighted by Crippen LogP contribution is 2.28. The van der Waals surface area contributed by atoms with E-state index in [1.807, 2.05) is 43.3 Å². The molecule has 0 bridgehead atoms. The minimum absolute atomic E-state index is 0.0715. The number of nitrogens with zero attached hydrogens (tertiary/aromatic N) is 2. The largest absolute Gasteiger partial charge is 0.465 e. The van der Waals surface area contributed by atoms with Crippen LogP contribution in [0, 0.1) is 0 Å². The van der Waals surface area contributed by atoms with Gasteiger partial charge in [0.05, 0.1) is 17.1 Å². The maximum atomic E-state index is 12.9. The molecule has 0 saturated heterocycles. The fourth-order valence-corrected chi connectivity index (χ4v) is 4.14. The second-order valence-electron chi connectivity index (χ2n) is 8.59. The molecule has 1 aliphatic heterocycles. The Balaban J connectivity index is 1.29. The van der Waals surface area contributed by atoms with Gasteiger partial charge < -0.3 is 25.8 Å². The maximum absolute atomic E-state index is 12.9. The number of primary amides is 1. The Hall–Kier alpha value is -4.92. The molecule has 1 aromatic heterocycles. The zero-order chi connectivity index (χ0) is 25.8. The zero-order valence-electron chi connectivity index (χ0n) is 20.1. The van der Waals surface area contributed by atoms with Crippen LogP contribution < -0.4 is 16.4 Å². The molecule has 1 atom stereocenters. The normalized spacial score (nSPS) is 15.4. The lowest BCUT2D eigenvalue weighted by Crippen LogP contribution is -2.19. The summed E-state index contributed by atoms with van der Waals surface area (Å²) >= 11 is 0. The van der Waals surface area contributed by atoms with Crippen molar-refractivity contribution in [2.75, 3.05) is 10.6 Å². The lowest BCUT2D eigenvalue weighted by molar-refractivity contribution is -0.115. The molecule has 37 heavy (non-hydrogen) atoms. The fourth-order valence-electron chi connectivity index (χ4n) is 4.14. The summed E-state index contributed by atoms with van der Waals surface area (Å²) in [6.45, 7) is 1.97. The van der Waals surface area contributed by atoms with Crippen molar-refractivity contribution < 1.29 is 19.1 Å². The molecule has 1 aliphatic carbocycles. The highest BCUT2D eigenvalue weighted by molar-refractivity contribution is 6.07. The molecule has 2 heterocycles. The number of benzene rings is 2. The van der Waals surface area contributed by atoms with Gasteiger partial charge in [0, 0.05) is 11.1 Å². The van der Waals surface area contributed by atoms with Crippen LogP contribution in [0.3, 0.4) is 0 Å². The molecule has 0 unspecified atom stereocenters. The number of carbonyl (C=O) groups excluding carboxylic acids is 2. The number of allylic oxidation sites excluding steroid dienone is 4. The summed E-state index contributed by atoms with van der Waals surface area (Å²) in [6, 6.07) is 12.5. The van der Waals surface area contributed by atoms with Crippen molar-refractivity contribution in [3.8, 4) is 0 Å². The molecule has 0 radical (unpaired) electrons. The number of anilines is 2. The summed E-state index contributed by atoms with van der Waals surface area (Å²) in [5, 5.41) is 6.91. The summed E-state index contributed by atoms with van der Waals surface area (Å²) in [5.74, 6) is 0.196. The number of rotatable bonds is 7. The summed E-state index contributed by atoms with van der Waals surface area (Å²) in [7, 11) is 0. The van der Waals surface area contributed by atoms with Gasteiger partial charge in [-0.2, -0.15) is 0 Å². The van der Waals surface area contributed by atoms with Crippen LogP contribution in [0.5, 0.6) is 0 Å². The Morgan fingerprint density at radius 2 is 1.97 bits per heavy atom. The molecule has 9 nitrogen and oxygen atoms in total. The van der Waals surface area contributed by atoms with Crippen LogP contribution in [0.25, 0.3) is 10.9 Å². The van der Waals surface area contributed by atoms with Gasteiger partial charge in [-0.1, -0.05) is 36.4 Å². The molecule has 0 fully saturated rings. The van der Waals surface area contributed by atoms with Crippen molar-refractivity contribution in [3.05, 3.63) is 108 Å². The Labute approximate surface area is 213 Å². The molecule has 5 rings (SSSR count). The van der Waals surface area contributed by atoms with Gasteiger partial charge in [-0.05, 0) is 55.2 Å². The SMILES string of the molecule is C[C@@H](Nc1ncnc2c(C(N)=O)cccc12)c1cccc(NC(=O)C2=COC=C(C3=CC=CCC3)O2)c1. The van der Waals surface area contributed by atoms with E-state index in [9.17, 15) is 9.59 Å². The van der Waals surface area contributed by atoms with Crippen molar-refractivity contribution in [1.82, 2.24) is 9.97 Å². The number of hydrogen-bond acceptors (Lipinski definition) is 7. The van der Waals surface area contributed by atoms with Crippen molar-refractivity contribution in [2.24, 2.45) is 5.73 Å². The molecule has 9 heteroatoms. The number of nitrogens with one attached hydrogen (secondary N) is 2. The van der Waals surface area contributed by atoms with E-state index in [1.165, 1.54) is 18.9 Å². The first kappa shape index (κ1) is 23.8. The summed E-state index contributed by atoms with van der Waals surface area (Å²) < 4.78 is 11.2. The minimum Gasteiger partial charge on any atom is -0.465 e. The number of carbonyl (C=O) groups is 2. The highest BCUT2D eigenvalue weighted by Gasteiger charge is 2.21. The average molecular weight is 496 g/mol. The first-order valence-electron chi connectivity index (χ1n) is 11.8. The number of para-hydroxylation sites is 1.